The van der Waals surface area contributed by atoms with Gasteiger partial charge in [-0.05, 0) is 30.7 Å². The number of carbonyl (C=O) groups is 1. The summed E-state index contributed by atoms with van der Waals surface area (Å²) in [7, 11) is 1.59. The minimum absolute atomic E-state index is 0.134. The summed E-state index contributed by atoms with van der Waals surface area (Å²) >= 11 is 0. The molecule has 9 nitrogen and oxygen atoms in total. The lowest BCUT2D eigenvalue weighted by atomic mass is 10.1. The second kappa shape index (κ2) is 9.95. The van der Waals surface area contributed by atoms with E-state index in [1.165, 1.54) is 16.8 Å². The number of carboxylic acids is 1. The molecule has 2 N–H and O–H groups in total. The number of nitrogens with one attached hydrogen (secondary N) is 1. The summed E-state index contributed by atoms with van der Waals surface area (Å²) in [6.07, 6.45) is 0. The number of anilines is 1. The van der Waals surface area contributed by atoms with Gasteiger partial charge in [0.2, 0.25) is 0 Å². The average Bonchev–Trinajstić information content (AvgIpc) is 2.88. The van der Waals surface area contributed by atoms with Crippen LogP contribution in [0, 0.1) is 0 Å². The molecular formula is C25H23N5O4. The number of aromatic carboxylic acids is 1. The number of carboxylic acid groups (broad SMARTS) is 1. The number of nitrogens with zero attached hydrogens (tertiary/aromatic N) is 4. The number of aryl methyl sites for hydroxylation is 1. The van der Waals surface area contributed by atoms with E-state index in [9.17, 15) is 14.7 Å². The number of hydrogen-bond donors (Lipinski definition) is 2. The van der Waals surface area contributed by atoms with E-state index in [1.807, 2.05) is 54.6 Å². The highest BCUT2D eigenvalue weighted by Crippen LogP contribution is 2.30. The maximum absolute atomic E-state index is 12.1. The Bertz CT molecular complexity index is 1370. The van der Waals surface area contributed by atoms with Crippen LogP contribution >= 0.6 is 0 Å². The van der Waals surface area contributed by atoms with Crippen molar-refractivity contribution in [2.75, 3.05) is 12.4 Å². The fraction of sp³-hybridized carbons (Fsp3) is 0.160. The summed E-state index contributed by atoms with van der Waals surface area (Å²) in [5.41, 5.74) is 2.26. The van der Waals surface area contributed by atoms with Crippen LogP contribution < -0.4 is 15.6 Å². The summed E-state index contributed by atoms with van der Waals surface area (Å²) in [4.78, 5) is 33.2. The van der Waals surface area contributed by atoms with E-state index in [-0.39, 0.29) is 22.8 Å². The van der Waals surface area contributed by atoms with Gasteiger partial charge < -0.3 is 15.2 Å². The lowest BCUT2D eigenvalue weighted by molar-refractivity contribution is 0.0691. The molecule has 0 fully saturated rings. The fourth-order valence-electron chi connectivity index (χ4n) is 3.41. The van der Waals surface area contributed by atoms with Crippen LogP contribution in [-0.2, 0) is 13.1 Å². The summed E-state index contributed by atoms with van der Waals surface area (Å²) in [5, 5.41) is 17.3. The van der Waals surface area contributed by atoms with Gasteiger partial charge in [-0.2, -0.15) is 5.10 Å². The molecule has 2 aromatic carbocycles. The van der Waals surface area contributed by atoms with Gasteiger partial charge in [0, 0.05) is 24.7 Å². The molecule has 0 aliphatic rings. The van der Waals surface area contributed by atoms with Gasteiger partial charge in [0.25, 0.3) is 5.56 Å². The maximum atomic E-state index is 12.1. The number of hydrogen-bond acceptors (Lipinski definition) is 7. The third kappa shape index (κ3) is 4.78. The summed E-state index contributed by atoms with van der Waals surface area (Å²) in [6, 6.07) is 19.6. The van der Waals surface area contributed by atoms with Crippen molar-refractivity contribution in [3.63, 3.8) is 0 Å². The van der Waals surface area contributed by atoms with Gasteiger partial charge in [-0.3, -0.25) is 4.79 Å². The fourth-order valence-corrected chi connectivity index (χ4v) is 3.41. The molecule has 0 unspecified atom stereocenters. The lowest BCUT2D eigenvalue weighted by Crippen LogP contribution is -2.21. The van der Waals surface area contributed by atoms with Gasteiger partial charge in [-0.1, -0.05) is 42.5 Å². The van der Waals surface area contributed by atoms with Crippen molar-refractivity contribution in [2.45, 2.75) is 20.0 Å². The van der Waals surface area contributed by atoms with Crippen molar-refractivity contribution in [1.82, 2.24) is 19.7 Å². The van der Waals surface area contributed by atoms with Crippen molar-refractivity contribution in [2.24, 2.45) is 0 Å². The first-order chi connectivity index (χ1) is 16.5. The van der Waals surface area contributed by atoms with Crippen LogP contribution in [0.25, 0.3) is 22.6 Å². The number of methoxy groups -OCH3 is 1. The highest BCUT2D eigenvalue weighted by atomic mass is 16.5. The Morgan fingerprint density at radius 2 is 1.74 bits per heavy atom. The van der Waals surface area contributed by atoms with Gasteiger partial charge in [-0.15, -0.1) is 0 Å². The van der Waals surface area contributed by atoms with Crippen LogP contribution in [0.15, 0.2) is 71.5 Å². The predicted molar refractivity (Wildman–Crippen MR) is 128 cm³/mol. The first-order valence-electron chi connectivity index (χ1n) is 10.7. The van der Waals surface area contributed by atoms with Gasteiger partial charge >= 0.3 is 5.97 Å². The molecule has 0 spiro atoms. The van der Waals surface area contributed by atoms with Gasteiger partial charge in [0.15, 0.2) is 11.5 Å². The second-order valence-corrected chi connectivity index (χ2v) is 7.36. The quantitative estimate of drug-likeness (QED) is 0.411. The summed E-state index contributed by atoms with van der Waals surface area (Å²) in [6.45, 7) is 2.51. The van der Waals surface area contributed by atoms with Gasteiger partial charge in [0.05, 0.1) is 7.11 Å². The van der Waals surface area contributed by atoms with Crippen molar-refractivity contribution < 1.29 is 14.6 Å². The van der Waals surface area contributed by atoms with Crippen LogP contribution in [0.4, 0.5) is 5.82 Å². The monoisotopic (exact) mass is 457 g/mol. The maximum Gasteiger partial charge on any atom is 0.358 e. The molecular weight excluding hydrogens is 434 g/mol. The van der Waals surface area contributed by atoms with Gasteiger partial charge in [-0.25, -0.2) is 19.4 Å². The molecule has 4 aromatic rings. The lowest BCUT2D eigenvalue weighted by Gasteiger charge is -2.15. The van der Waals surface area contributed by atoms with E-state index in [0.29, 0.717) is 24.5 Å². The van der Waals surface area contributed by atoms with Crippen molar-refractivity contribution in [3.05, 3.63) is 88.3 Å². The standard InChI is InChI=1S/C25H23N5O4/c1-3-30-20(31)14-13-19(29-30)22-21(17-7-5-4-6-8-17)28-24(23(27-22)25(32)33)26-15-16-9-11-18(34-2)12-10-16/h4-14H,3,15H2,1-2H3,(H,26,28)(H,32,33). The molecule has 0 amide bonds. The number of aromatic nitrogens is 4. The van der Waals surface area contributed by atoms with Gasteiger partial charge in [0.1, 0.15) is 22.8 Å². The molecule has 0 bridgehead atoms. The Morgan fingerprint density at radius 3 is 2.38 bits per heavy atom. The smallest absolute Gasteiger partial charge is 0.358 e. The van der Waals surface area contributed by atoms with Crippen molar-refractivity contribution >= 4 is 11.8 Å². The molecule has 2 heterocycles. The topological polar surface area (TPSA) is 119 Å². The van der Waals surface area contributed by atoms with Crippen molar-refractivity contribution in [1.29, 1.82) is 0 Å². The molecule has 4 rings (SSSR count). The molecule has 0 radical (unpaired) electrons. The van der Waals surface area contributed by atoms with Crippen LogP contribution in [0.1, 0.15) is 23.0 Å². The normalized spacial score (nSPS) is 10.6. The second-order valence-electron chi connectivity index (χ2n) is 7.36. The van der Waals surface area contributed by atoms with Crippen LogP contribution in [0.5, 0.6) is 5.75 Å². The molecule has 172 valence electrons. The highest BCUT2D eigenvalue weighted by molar-refractivity contribution is 5.93. The van der Waals surface area contributed by atoms with Crippen LogP contribution in [0.2, 0.25) is 0 Å². The van der Waals surface area contributed by atoms with Crippen molar-refractivity contribution in [3.8, 4) is 28.4 Å². The molecule has 0 atom stereocenters. The largest absolute Gasteiger partial charge is 0.497 e. The predicted octanol–water partition coefficient (Wildman–Crippen LogP) is 3.71. The SMILES string of the molecule is CCn1nc(-c2nc(C(=O)O)c(NCc3ccc(OC)cc3)nc2-c2ccccc2)ccc1=O. The number of benzene rings is 2. The highest BCUT2D eigenvalue weighted by Gasteiger charge is 2.22. The zero-order chi connectivity index (χ0) is 24.1. The molecule has 0 aliphatic carbocycles. The van der Waals surface area contributed by atoms with E-state index in [2.05, 4.69) is 20.4 Å². The Balaban J connectivity index is 1.82. The average molecular weight is 457 g/mol. The number of ether oxygens (including phenoxy) is 1. The summed E-state index contributed by atoms with van der Waals surface area (Å²) < 4.78 is 6.47. The molecule has 9 heteroatoms. The third-order valence-corrected chi connectivity index (χ3v) is 5.17. The van der Waals surface area contributed by atoms with Crippen LogP contribution in [-0.4, -0.2) is 37.9 Å². The summed E-state index contributed by atoms with van der Waals surface area (Å²) in [5.74, 6) is -0.365. The molecule has 34 heavy (non-hydrogen) atoms. The van der Waals surface area contributed by atoms with Crippen LogP contribution in [0.3, 0.4) is 0 Å². The Kier molecular flexibility index (Phi) is 6.63. The Morgan fingerprint density at radius 1 is 1.00 bits per heavy atom. The minimum Gasteiger partial charge on any atom is -0.497 e. The first kappa shape index (κ1) is 22.7. The zero-order valence-electron chi connectivity index (χ0n) is 18.7. The van der Waals surface area contributed by atoms with E-state index in [4.69, 9.17) is 4.74 Å². The zero-order valence-corrected chi connectivity index (χ0v) is 18.7. The Hall–Kier alpha value is -4.53. The van der Waals surface area contributed by atoms with E-state index < -0.39 is 5.97 Å². The Labute approximate surface area is 195 Å². The molecule has 2 aromatic heterocycles. The third-order valence-electron chi connectivity index (χ3n) is 5.17. The first-order valence-corrected chi connectivity index (χ1v) is 10.7. The molecule has 0 saturated heterocycles. The minimum atomic E-state index is -1.23. The van der Waals surface area contributed by atoms with E-state index >= 15 is 0 Å². The van der Waals surface area contributed by atoms with E-state index in [0.717, 1.165) is 16.9 Å². The van der Waals surface area contributed by atoms with E-state index in [1.54, 1.807) is 14.0 Å². The number of rotatable bonds is 8. The molecule has 0 aliphatic heterocycles. The molecule has 0 saturated carbocycles.